The Hall–Kier alpha value is -0.750. The minimum absolute atomic E-state index is 0.489. The van der Waals surface area contributed by atoms with E-state index < -0.39 is 0 Å². The SMILES string of the molecule is CC(C)CNCc1nnc(NC2CCSCC2)o1. The maximum Gasteiger partial charge on any atom is 0.315 e. The first-order valence-electron chi connectivity index (χ1n) is 6.61. The highest BCUT2D eigenvalue weighted by atomic mass is 32.2. The summed E-state index contributed by atoms with van der Waals surface area (Å²) in [5, 5.41) is 14.7. The molecule has 0 unspecified atom stereocenters. The maximum absolute atomic E-state index is 5.57. The van der Waals surface area contributed by atoms with Crippen molar-refractivity contribution in [2.75, 3.05) is 23.4 Å². The van der Waals surface area contributed by atoms with Crippen LogP contribution in [0, 0.1) is 5.92 Å². The van der Waals surface area contributed by atoms with E-state index in [9.17, 15) is 0 Å². The van der Waals surface area contributed by atoms with E-state index in [0.717, 1.165) is 6.54 Å². The van der Waals surface area contributed by atoms with Gasteiger partial charge in [-0.2, -0.15) is 11.8 Å². The highest BCUT2D eigenvalue weighted by Gasteiger charge is 2.16. The van der Waals surface area contributed by atoms with Gasteiger partial charge in [0.05, 0.1) is 6.54 Å². The second kappa shape index (κ2) is 6.99. The van der Waals surface area contributed by atoms with Crippen molar-refractivity contribution >= 4 is 17.8 Å². The van der Waals surface area contributed by atoms with Crippen LogP contribution in [0.2, 0.25) is 0 Å². The molecule has 1 aromatic heterocycles. The van der Waals surface area contributed by atoms with E-state index in [-0.39, 0.29) is 0 Å². The minimum Gasteiger partial charge on any atom is -0.407 e. The van der Waals surface area contributed by atoms with Gasteiger partial charge in [0.15, 0.2) is 0 Å². The minimum atomic E-state index is 0.489. The summed E-state index contributed by atoms with van der Waals surface area (Å²) < 4.78 is 5.57. The molecule has 0 atom stereocenters. The molecular weight excluding hydrogens is 248 g/mol. The Morgan fingerprint density at radius 3 is 2.83 bits per heavy atom. The molecule has 1 saturated heterocycles. The van der Waals surface area contributed by atoms with Crippen molar-refractivity contribution in [3.05, 3.63) is 5.89 Å². The van der Waals surface area contributed by atoms with Gasteiger partial charge in [-0.15, -0.1) is 5.10 Å². The molecule has 2 rings (SSSR count). The number of hydrogen-bond acceptors (Lipinski definition) is 6. The molecule has 5 nitrogen and oxygen atoms in total. The number of rotatable bonds is 6. The third-order valence-corrected chi connectivity index (χ3v) is 3.89. The number of nitrogens with one attached hydrogen (secondary N) is 2. The van der Waals surface area contributed by atoms with Crippen LogP contribution < -0.4 is 10.6 Å². The first-order chi connectivity index (χ1) is 8.74. The summed E-state index contributed by atoms with van der Waals surface area (Å²) in [6.07, 6.45) is 2.35. The van der Waals surface area contributed by atoms with E-state index in [1.165, 1.54) is 24.3 Å². The van der Waals surface area contributed by atoms with Crippen molar-refractivity contribution in [1.29, 1.82) is 0 Å². The summed E-state index contributed by atoms with van der Waals surface area (Å²) in [5.41, 5.74) is 0. The molecule has 102 valence electrons. The second-order valence-corrected chi connectivity index (χ2v) is 6.28. The zero-order valence-corrected chi connectivity index (χ0v) is 11.9. The van der Waals surface area contributed by atoms with Crippen LogP contribution in [0.25, 0.3) is 0 Å². The third-order valence-electron chi connectivity index (χ3n) is 2.84. The highest BCUT2D eigenvalue weighted by molar-refractivity contribution is 7.99. The smallest absolute Gasteiger partial charge is 0.315 e. The normalized spacial score (nSPS) is 17.3. The van der Waals surface area contributed by atoms with Gasteiger partial charge < -0.3 is 15.1 Å². The Kier molecular flexibility index (Phi) is 5.31. The van der Waals surface area contributed by atoms with Gasteiger partial charge in [0.1, 0.15) is 0 Å². The van der Waals surface area contributed by atoms with Gasteiger partial charge in [0, 0.05) is 6.04 Å². The topological polar surface area (TPSA) is 63.0 Å². The number of anilines is 1. The van der Waals surface area contributed by atoms with Gasteiger partial charge in [0.25, 0.3) is 0 Å². The van der Waals surface area contributed by atoms with Crippen LogP contribution in [0.4, 0.5) is 6.01 Å². The molecule has 0 saturated carbocycles. The van der Waals surface area contributed by atoms with Crippen LogP contribution in [0.3, 0.4) is 0 Å². The molecule has 1 aromatic rings. The monoisotopic (exact) mass is 270 g/mol. The van der Waals surface area contributed by atoms with Gasteiger partial charge in [-0.3, -0.25) is 0 Å². The highest BCUT2D eigenvalue weighted by Crippen LogP contribution is 2.20. The molecule has 2 N–H and O–H groups in total. The van der Waals surface area contributed by atoms with E-state index in [1.54, 1.807) is 0 Å². The standard InChI is InChI=1S/C12H22N4OS/c1-9(2)7-13-8-11-15-16-12(17-11)14-10-3-5-18-6-4-10/h9-10,13H,3-8H2,1-2H3,(H,14,16). The first-order valence-corrected chi connectivity index (χ1v) is 7.77. The molecule has 0 radical (unpaired) electrons. The quantitative estimate of drug-likeness (QED) is 0.825. The van der Waals surface area contributed by atoms with Crippen molar-refractivity contribution in [2.24, 2.45) is 5.92 Å². The summed E-state index contributed by atoms with van der Waals surface area (Å²) in [6, 6.07) is 1.05. The Bertz CT molecular complexity index is 350. The number of aromatic nitrogens is 2. The number of hydrogen-bond donors (Lipinski definition) is 2. The molecule has 18 heavy (non-hydrogen) atoms. The van der Waals surface area contributed by atoms with Crippen LogP contribution in [0.15, 0.2) is 4.42 Å². The molecule has 0 aliphatic carbocycles. The van der Waals surface area contributed by atoms with Gasteiger partial charge in [-0.25, -0.2) is 0 Å². The van der Waals surface area contributed by atoms with Crippen LogP contribution >= 0.6 is 11.8 Å². The second-order valence-electron chi connectivity index (χ2n) is 5.06. The molecule has 0 amide bonds. The molecule has 0 bridgehead atoms. The Labute approximate surface area is 112 Å². The fourth-order valence-corrected chi connectivity index (χ4v) is 2.97. The van der Waals surface area contributed by atoms with Crippen LogP contribution in [0.1, 0.15) is 32.6 Å². The lowest BCUT2D eigenvalue weighted by molar-refractivity contribution is 0.454. The van der Waals surface area contributed by atoms with E-state index in [1.807, 2.05) is 11.8 Å². The molecule has 0 spiro atoms. The molecular formula is C12H22N4OS. The summed E-state index contributed by atoms with van der Waals surface area (Å²) >= 11 is 2.01. The maximum atomic E-state index is 5.57. The first kappa shape index (κ1) is 13.7. The Morgan fingerprint density at radius 2 is 2.11 bits per heavy atom. The van der Waals surface area contributed by atoms with Crippen LogP contribution in [0.5, 0.6) is 0 Å². The van der Waals surface area contributed by atoms with Gasteiger partial charge in [-0.1, -0.05) is 18.9 Å². The Balaban J connectivity index is 1.74. The summed E-state index contributed by atoms with van der Waals surface area (Å²) in [7, 11) is 0. The van der Waals surface area contributed by atoms with Gasteiger partial charge in [-0.05, 0) is 36.8 Å². The molecule has 1 aliphatic rings. The summed E-state index contributed by atoms with van der Waals surface area (Å²) in [4.78, 5) is 0. The van der Waals surface area contributed by atoms with Crippen molar-refractivity contribution in [3.8, 4) is 0 Å². The van der Waals surface area contributed by atoms with Crippen molar-refractivity contribution in [3.63, 3.8) is 0 Å². The van der Waals surface area contributed by atoms with E-state index in [4.69, 9.17) is 4.42 Å². The number of nitrogens with zero attached hydrogens (tertiary/aromatic N) is 2. The van der Waals surface area contributed by atoms with Crippen molar-refractivity contribution in [1.82, 2.24) is 15.5 Å². The molecule has 1 aliphatic heterocycles. The fourth-order valence-electron chi connectivity index (χ4n) is 1.87. The lowest BCUT2D eigenvalue weighted by Crippen LogP contribution is -2.24. The third kappa shape index (κ3) is 4.49. The van der Waals surface area contributed by atoms with Crippen LogP contribution in [-0.2, 0) is 6.54 Å². The lowest BCUT2D eigenvalue weighted by atomic mass is 10.2. The predicted molar refractivity (Wildman–Crippen MR) is 74.8 cm³/mol. The van der Waals surface area contributed by atoms with E-state index in [2.05, 4.69) is 34.7 Å². The zero-order valence-electron chi connectivity index (χ0n) is 11.1. The molecule has 6 heteroatoms. The fraction of sp³-hybridized carbons (Fsp3) is 0.833. The summed E-state index contributed by atoms with van der Waals surface area (Å²) in [5.74, 6) is 3.72. The van der Waals surface area contributed by atoms with Gasteiger partial charge >= 0.3 is 6.01 Å². The lowest BCUT2D eigenvalue weighted by Gasteiger charge is -2.21. The van der Waals surface area contributed by atoms with Crippen molar-refractivity contribution in [2.45, 2.75) is 39.3 Å². The van der Waals surface area contributed by atoms with E-state index >= 15 is 0 Å². The largest absolute Gasteiger partial charge is 0.407 e. The van der Waals surface area contributed by atoms with Gasteiger partial charge in [0.2, 0.25) is 5.89 Å². The van der Waals surface area contributed by atoms with E-state index in [0.29, 0.717) is 30.4 Å². The number of thioether (sulfide) groups is 1. The molecule has 0 aromatic carbocycles. The summed E-state index contributed by atoms with van der Waals surface area (Å²) in [6.45, 7) is 5.96. The van der Waals surface area contributed by atoms with Crippen molar-refractivity contribution < 1.29 is 4.42 Å². The Morgan fingerprint density at radius 1 is 1.33 bits per heavy atom. The average molecular weight is 270 g/mol. The average Bonchev–Trinajstić information content (AvgIpc) is 2.78. The molecule has 2 heterocycles. The zero-order chi connectivity index (χ0) is 12.8. The predicted octanol–water partition coefficient (Wildman–Crippen LogP) is 2.12. The molecule has 1 fully saturated rings. The van der Waals surface area contributed by atoms with Crippen LogP contribution in [-0.4, -0.2) is 34.3 Å².